The van der Waals surface area contributed by atoms with Crippen LogP contribution in [0.5, 0.6) is 0 Å². The van der Waals surface area contributed by atoms with Gasteiger partial charge in [0, 0.05) is 18.4 Å². The quantitative estimate of drug-likeness (QED) is 0.0516. The van der Waals surface area contributed by atoms with E-state index in [9.17, 15) is 19.5 Å². The first kappa shape index (κ1) is 62.9. The molecule has 3 N–H and O–H groups in total. The molecule has 1 aliphatic carbocycles. The van der Waals surface area contributed by atoms with Crippen LogP contribution in [0.1, 0.15) is 87.3 Å². The average Bonchev–Trinajstić information content (AvgIpc) is 2.03. The summed E-state index contributed by atoms with van der Waals surface area (Å²) in [6.45, 7) is 11.6. The summed E-state index contributed by atoms with van der Waals surface area (Å²) in [4.78, 5) is 40.8. The molecule has 11 rings (SSSR count). The number of ether oxygens (including phenoxy) is 11. The Morgan fingerprint density at radius 1 is 0.562 bits per heavy atom. The molecule has 0 radical (unpaired) electrons. The lowest BCUT2D eigenvalue weighted by atomic mass is 9.94. The van der Waals surface area contributed by atoms with Gasteiger partial charge in [0.1, 0.15) is 55.4 Å². The molecule has 0 spiro atoms. The molecule has 466 valence electrons. The van der Waals surface area contributed by atoms with Crippen molar-refractivity contribution >= 4 is 18.0 Å². The molecule has 0 bridgehead atoms. The van der Waals surface area contributed by atoms with Crippen LogP contribution in [0.3, 0.4) is 0 Å². The zero-order valence-corrected chi connectivity index (χ0v) is 50.9. The highest BCUT2D eigenvalue weighted by Gasteiger charge is 2.56. The van der Waals surface area contributed by atoms with Crippen LogP contribution in [0, 0.1) is 27.7 Å². The maximum absolute atomic E-state index is 13.8. The number of carbonyl (C=O) groups is 3. The molecular weight excluding hydrogens is 1130 g/mol. The van der Waals surface area contributed by atoms with Crippen LogP contribution in [0.15, 0.2) is 176 Å². The Morgan fingerprint density at radius 2 is 1.07 bits per heavy atom. The van der Waals surface area contributed by atoms with E-state index in [1.807, 2.05) is 204 Å². The van der Waals surface area contributed by atoms with Crippen molar-refractivity contribution in [2.45, 2.75) is 154 Å². The minimum absolute atomic E-state index is 0.0211. The van der Waals surface area contributed by atoms with Crippen molar-refractivity contribution in [3.05, 3.63) is 237 Å². The molecule has 0 aromatic heterocycles. The van der Waals surface area contributed by atoms with Gasteiger partial charge in [-0.05, 0) is 79.1 Å². The number of aryl methyl sites for hydroxylation is 4. The first-order valence-corrected chi connectivity index (χ1v) is 30.4. The first-order chi connectivity index (χ1) is 43.2. The van der Waals surface area contributed by atoms with Gasteiger partial charge >= 0.3 is 12.1 Å². The zero-order chi connectivity index (χ0) is 62.0. The number of hydrogen-bond donors (Lipinski definition) is 3. The third-order valence-corrected chi connectivity index (χ3v) is 16.7. The standard InChI is InChI=1S/C72H78N2O15/c1-43-20-28-49(29-21-43)36-79-41-59-63(80-37-50-30-22-44(2)23-31-50)66(81-38-51-32-24-45(3)25-33-51)67(82-39-52-34-26-46(4)27-35-52)71(87-59)89-65-62(73-48(6)75)70(86-60-42-83-69(88-64(60)65)53-14-8-7-9-15-53)85-47(5)61(68(76)77)74-72(78)84-40-58-56-18-12-10-16-54(56)55-17-11-13-19-57(55)58/h7-35,47,58-67,69-71H,36-42H2,1-6H3,(H,73,75)(H,74,78)(H,76,77)/t47-,59-,60-,61+,62-,63+,64+,65-,66+,67-,69?,70+,71+/m1/s1. The summed E-state index contributed by atoms with van der Waals surface area (Å²) in [7, 11) is 0. The van der Waals surface area contributed by atoms with Crippen LogP contribution in [-0.2, 0) is 88.1 Å². The van der Waals surface area contributed by atoms with Crippen LogP contribution in [0.2, 0.25) is 0 Å². The largest absolute Gasteiger partial charge is 0.480 e. The summed E-state index contributed by atoms with van der Waals surface area (Å²) >= 11 is 0. The van der Waals surface area contributed by atoms with Gasteiger partial charge in [-0.2, -0.15) is 0 Å². The lowest BCUT2D eigenvalue weighted by Crippen LogP contribution is -2.70. The maximum Gasteiger partial charge on any atom is 0.407 e. The van der Waals surface area contributed by atoms with E-state index in [0.717, 1.165) is 66.8 Å². The number of nitrogens with one attached hydrogen (secondary N) is 2. The Morgan fingerprint density at radius 3 is 1.61 bits per heavy atom. The van der Waals surface area contributed by atoms with E-state index >= 15 is 0 Å². The van der Waals surface area contributed by atoms with E-state index in [1.54, 1.807) is 0 Å². The van der Waals surface area contributed by atoms with Crippen molar-refractivity contribution in [3.8, 4) is 11.1 Å². The topological polar surface area (TPSA) is 197 Å². The Kier molecular flexibility index (Phi) is 20.7. The van der Waals surface area contributed by atoms with Gasteiger partial charge < -0.3 is 67.8 Å². The molecule has 4 aliphatic rings. The minimum Gasteiger partial charge on any atom is -0.480 e. The summed E-state index contributed by atoms with van der Waals surface area (Å²) in [6.07, 6.45) is -12.8. The highest BCUT2D eigenvalue weighted by Crippen LogP contribution is 2.45. The summed E-state index contributed by atoms with van der Waals surface area (Å²) < 4.78 is 75.1. The molecule has 13 atom stereocenters. The molecular formula is C72H78N2O15. The summed E-state index contributed by atoms with van der Waals surface area (Å²) in [6, 6.07) is 54.7. The second-order valence-electron chi connectivity index (χ2n) is 23.5. The number of carboxylic acid groups (broad SMARTS) is 1. The lowest BCUT2D eigenvalue weighted by molar-refractivity contribution is -0.386. The molecule has 3 saturated heterocycles. The predicted octanol–water partition coefficient (Wildman–Crippen LogP) is 11.0. The third kappa shape index (κ3) is 15.7. The molecule has 89 heavy (non-hydrogen) atoms. The molecule has 17 nitrogen and oxygen atoms in total. The first-order valence-electron chi connectivity index (χ1n) is 30.4. The summed E-state index contributed by atoms with van der Waals surface area (Å²) in [5, 5.41) is 16.4. The van der Waals surface area contributed by atoms with E-state index in [-0.39, 0.29) is 52.2 Å². The van der Waals surface area contributed by atoms with Crippen molar-refractivity contribution in [1.82, 2.24) is 10.6 Å². The number of carbonyl (C=O) groups excluding carboxylic acids is 2. The summed E-state index contributed by atoms with van der Waals surface area (Å²) in [5.41, 5.74) is 12.8. The van der Waals surface area contributed by atoms with Gasteiger partial charge in [0.2, 0.25) is 5.91 Å². The number of hydrogen-bond acceptors (Lipinski definition) is 14. The molecule has 2 amide bonds. The number of alkyl carbamates (subject to hydrolysis) is 1. The second kappa shape index (κ2) is 29.3. The number of fused-ring (bicyclic) bond motifs is 4. The fourth-order valence-electron chi connectivity index (χ4n) is 11.9. The smallest absolute Gasteiger partial charge is 0.407 e. The van der Waals surface area contributed by atoms with Crippen molar-refractivity contribution in [2.24, 2.45) is 0 Å². The fourth-order valence-corrected chi connectivity index (χ4v) is 11.9. The van der Waals surface area contributed by atoms with Crippen molar-refractivity contribution in [2.75, 3.05) is 19.8 Å². The van der Waals surface area contributed by atoms with Crippen LogP contribution >= 0.6 is 0 Å². The Bertz CT molecular complexity index is 3410. The summed E-state index contributed by atoms with van der Waals surface area (Å²) in [5.74, 6) is -2.18. The highest BCUT2D eigenvalue weighted by atomic mass is 16.8. The normalized spacial score (nSPS) is 24.5. The van der Waals surface area contributed by atoms with Crippen molar-refractivity contribution < 1.29 is 71.6 Å². The van der Waals surface area contributed by atoms with E-state index in [1.165, 1.54) is 13.8 Å². The van der Waals surface area contributed by atoms with Gasteiger partial charge in [-0.1, -0.05) is 198 Å². The van der Waals surface area contributed by atoms with Gasteiger partial charge in [-0.15, -0.1) is 0 Å². The van der Waals surface area contributed by atoms with E-state index in [4.69, 9.17) is 52.1 Å². The van der Waals surface area contributed by atoms with Crippen LogP contribution < -0.4 is 10.6 Å². The third-order valence-electron chi connectivity index (χ3n) is 16.7. The molecule has 7 aromatic rings. The number of benzene rings is 7. The molecule has 3 heterocycles. The van der Waals surface area contributed by atoms with Gasteiger partial charge in [-0.25, -0.2) is 9.59 Å². The Balaban J connectivity index is 0.934. The average molecular weight is 1210 g/mol. The van der Waals surface area contributed by atoms with Gasteiger partial charge in [0.05, 0.1) is 45.7 Å². The number of carboxylic acids is 1. The van der Waals surface area contributed by atoms with Crippen LogP contribution in [0.4, 0.5) is 4.79 Å². The zero-order valence-electron chi connectivity index (χ0n) is 50.9. The number of amides is 2. The molecule has 3 fully saturated rings. The monoisotopic (exact) mass is 1210 g/mol. The molecule has 7 aromatic carbocycles. The molecule has 17 heteroatoms. The van der Waals surface area contributed by atoms with E-state index < -0.39 is 97.8 Å². The molecule has 3 aliphatic heterocycles. The number of rotatable bonds is 24. The van der Waals surface area contributed by atoms with Crippen molar-refractivity contribution in [3.63, 3.8) is 0 Å². The van der Waals surface area contributed by atoms with Gasteiger partial charge in [0.15, 0.2) is 24.9 Å². The maximum atomic E-state index is 13.8. The SMILES string of the molecule is CC(=O)N[C@H]1[C@@H](O[C@H](C)[C@H](NC(=O)OCC2c3ccccc3-c3ccccc32)C(=O)O)O[C@@H]2COC(c3ccccc3)O[C@@H]2[C@@H]1O[C@@H]1O[C@H](COCc2ccc(C)cc2)[C@H](OCc2ccc(C)cc2)[C@H](OCc2ccc(C)cc2)[C@H]1OCc1ccc(C)cc1. The Labute approximate surface area is 519 Å². The Hall–Kier alpha value is -7.65. The van der Waals surface area contributed by atoms with Gasteiger partial charge in [0.25, 0.3) is 0 Å². The van der Waals surface area contributed by atoms with Crippen molar-refractivity contribution in [1.29, 1.82) is 0 Å². The van der Waals surface area contributed by atoms with Crippen LogP contribution in [-0.4, -0.2) is 116 Å². The predicted molar refractivity (Wildman–Crippen MR) is 330 cm³/mol. The van der Waals surface area contributed by atoms with Gasteiger partial charge in [-0.3, -0.25) is 4.79 Å². The minimum atomic E-state index is -1.67. The molecule has 1 unspecified atom stereocenters. The highest BCUT2D eigenvalue weighted by molar-refractivity contribution is 5.81. The second-order valence-corrected chi connectivity index (χ2v) is 23.5. The molecule has 0 saturated carbocycles. The van der Waals surface area contributed by atoms with E-state index in [0.29, 0.717) is 5.56 Å². The van der Waals surface area contributed by atoms with E-state index in [2.05, 4.69) is 10.6 Å². The number of aliphatic carboxylic acids is 1. The lowest BCUT2D eigenvalue weighted by Gasteiger charge is -2.52. The van der Waals surface area contributed by atoms with Crippen LogP contribution in [0.25, 0.3) is 11.1 Å². The fraction of sp³-hybridized carbons (Fsp3) is 0.375.